The van der Waals surface area contributed by atoms with Gasteiger partial charge in [0.25, 0.3) is 5.91 Å². The predicted octanol–water partition coefficient (Wildman–Crippen LogP) is 0.484. The molecule has 1 amide bonds. The maximum atomic E-state index is 12.4. The Bertz CT molecular complexity index is 513. The third-order valence-corrected chi connectivity index (χ3v) is 3.94. The summed E-state index contributed by atoms with van der Waals surface area (Å²) in [6.07, 6.45) is 0.491. The van der Waals surface area contributed by atoms with Gasteiger partial charge in [0.05, 0.1) is 12.1 Å². The average Bonchev–Trinajstić information content (AvgIpc) is 2.55. The maximum Gasteiger partial charge on any atom is 0.265 e. The summed E-state index contributed by atoms with van der Waals surface area (Å²) in [5.41, 5.74) is -0.615. The summed E-state index contributed by atoms with van der Waals surface area (Å²) in [6, 6.07) is 7.25. The standard InChI is InChI=1S/C15H19NO5/c17-10-15(5-7-19-8-6-15)16-14(18)13-9-20-11-3-1-2-4-12(11)21-13/h1-4,13,17H,5-10H2,(H,16,18). The largest absolute Gasteiger partial charge is 0.485 e. The van der Waals surface area contributed by atoms with Crippen LogP contribution in [0.15, 0.2) is 24.3 Å². The lowest BCUT2D eigenvalue weighted by atomic mass is 9.90. The van der Waals surface area contributed by atoms with Gasteiger partial charge in [-0.1, -0.05) is 12.1 Å². The van der Waals surface area contributed by atoms with E-state index in [4.69, 9.17) is 14.2 Å². The van der Waals surface area contributed by atoms with Crippen molar-refractivity contribution in [3.05, 3.63) is 24.3 Å². The van der Waals surface area contributed by atoms with E-state index in [0.29, 0.717) is 37.6 Å². The molecule has 2 aliphatic heterocycles. The molecule has 6 heteroatoms. The Labute approximate surface area is 123 Å². The molecule has 0 aromatic heterocycles. The molecule has 1 aromatic carbocycles. The lowest BCUT2D eigenvalue weighted by Crippen LogP contribution is -2.58. The van der Waals surface area contributed by atoms with Crippen molar-refractivity contribution in [3.63, 3.8) is 0 Å². The number of benzene rings is 1. The van der Waals surface area contributed by atoms with Gasteiger partial charge in [0, 0.05) is 13.2 Å². The number of hydrogen-bond donors (Lipinski definition) is 2. The number of carbonyl (C=O) groups is 1. The Hall–Kier alpha value is -1.79. The molecule has 1 fully saturated rings. The zero-order valence-corrected chi connectivity index (χ0v) is 11.7. The van der Waals surface area contributed by atoms with Crippen LogP contribution in [0.1, 0.15) is 12.8 Å². The number of aliphatic hydroxyl groups excluding tert-OH is 1. The van der Waals surface area contributed by atoms with E-state index in [0.717, 1.165) is 0 Å². The van der Waals surface area contributed by atoms with Crippen molar-refractivity contribution in [3.8, 4) is 11.5 Å². The van der Waals surface area contributed by atoms with Crippen LogP contribution in [0.25, 0.3) is 0 Å². The van der Waals surface area contributed by atoms with Gasteiger partial charge >= 0.3 is 0 Å². The van der Waals surface area contributed by atoms with Crippen LogP contribution in [-0.2, 0) is 9.53 Å². The summed E-state index contributed by atoms with van der Waals surface area (Å²) in [6.45, 7) is 1.13. The van der Waals surface area contributed by atoms with E-state index in [1.165, 1.54) is 0 Å². The van der Waals surface area contributed by atoms with E-state index >= 15 is 0 Å². The van der Waals surface area contributed by atoms with Crippen molar-refractivity contribution in [2.75, 3.05) is 26.4 Å². The molecular formula is C15H19NO5. The maximum absolute atomic E-state index is 12.4. The minimum atomic E-state index is -0.703. The molecule has 0 bridgehead atoms. The lowest BCUT2D eigenvalue weighted by molar-refractivity contribution is -0.134. The van der Waals surface area contributed by atoms with Gasteiger partial charge in [-0.05, 0) is 25.0 Å². The summed E-state index contributed by atoms with van der Waals surface area (Å²) < 4.78 is 16.5. The number of amides is 1. The zero-order valence-electron chi connectivity index (χ0n) is 11.7. The Morgan fingerprint density at radius 1 is 1.29 bits per heavy atom. The highest BCUT2D eigenvalue weighted by molar-refractivity contribution is 5.82. The highest BCUT2D eigenvalue weighted by atomic mass is 16.6. The SMILES string of the molecule is O=C(NC1(CO)CCOCC1)C1COc2ccccc2O1. The second-order valence-corrected chi connectivity index (χ2v) is 5.40. The van der Waals surface area contributed by atoms with Gasteiger partial charge in [0.2, 0.25) is 6.10 Å². The number of nitrogens with one attached hydrogen (secondary N) is 1. The number of ether oxygens (including phenoxy) is 3. The Kier molecular flexibility index (Phi) is 3.98. The number of aliphatic hydroxyl groups is 1. The number of hydrogen-bond acceptors (Lipinski definition) is 5. The third-order valence-electron chi connectivity index (χ3n) is 3.94. The molecule has 6 nitrogen and oxygen atoms in total. The molecule has 0 saturated carbocycles. The van der Waals surface area contributed by atoms with Gasteiger partial charge in [0.15, 0.2) is 11.5 Å². The van der Waals surface area contributed by atoms with Crippen LogP contribution in [-0.4, -0.2) is 49.1 Å². The van der Waals surface area contributed by atoms with Crippen molar-refractivity contribution in [2.45, 2.75) is 24.5 Å². The molecule has 1 atom stereocenters. The fraction of sp³-hybridized carbons (Fsp3) is 0.533. The van der Waals surface area contributed by atoms with Gasteiger partial charge in [-0.3, -0.25) is 4.79 Å². The van der Waals surface area contributed by atoms with Gasteiger partial charge in [-0.2, -0.15) is 0 Å². The van der Waals surface area contributed by atoms with Crippen LogP contribution in [0.5, 0.6) is 11.5 Å². The topological polar surface area (TPSA) is 77.0 Å². The summed E-state index contributed by atoms with van der Waals surface area (Å²) in [5, 5.41) is 12.5. The Balaban J connectivity index is 1.66. The van der Waals surface area contributed by atoms with Gasteiger partial charge < -0.3 is 24.6 Å². The zero-order chi connectivity index (χ0) is 14.7. The van der Waals surface area contributed by atoms with E-state index in [1.54, 1.807) is 12.1 Å². The molecule has 114 valence electrons. The Morgan fingerprint density at radius 2 is 2.00 bits per heavy atom. The minimum absolute atomic E-state index is 0.105. The third kappa shape index (κ3) is 2.96. The molecule has 1 saturated heterocycles. The van der Waals surface area contributed by atoms with E-state index in [-0.39, 0.29) is 19.1 Å². The summed E-state index contributed by atoms with van der Waals surface area (Å²) >= 11 is 0. The first-order valence-corrected chi connectivity index (χ1v) is 7.12. The van der Waals surface area contributed by atoms with Crippen LogP contribution in [0, 0.1) is 0 Å². The highest BCUT2D eigenvalue weighted by Crippen LogP contribution is 2.31. The second kappa shape index (κ2) is 5.91. The highest BCUT2D eigenvalue weighted by Gasteiger charge is 2.37. The van der Waals surface area contributed by atoms with Crippen molar-refractivity contribution in [2.24, 2.45) is 0 Å². The van der Waals surface area contributed by atoms with Gasteiger partial charge in [0.1, 0.15) is 6.61 Å². The molecule has 2 heterocycles. The monoisotopic (exact) mass is 293 g/mol. The summed E-state index contributed by atoms with van der Waals surface area (Å²) in [4.78, 5) is 12.4. The smallest absolute Gasteiger partial charge is 0.265 e. The number of carbonyl (C=O) groups excluding carboxylic acids is 1. The molecule has 1 aromatic rings. The molecule has 0 aliphatic carbocycles. The summed E-state index contributed by atoms with van der Waals surface area (Å²) in [5.74, 6) is 0.943. The predicted molar refractivity (Wildman–Crippen MR) is 74.4 cm³/mol. The quantitative estimate of drug-likeness (QED) is 0.848. The number of fused-ring (bicyclic) bond motifs is 1. The molecule has 3 rings (SSSR count). The lowest BCUT2D eigenvalue weighted by Gasteiger charge is -2.37. The minimum Gasteiger partial charge on any atom is -0.485 e. The van der Waals surface area contributed by atoms with Crippen molar-refractivity contribution in [1.82, 2.24) is 5.32 Å². The molecule has 2 aliphatic rings. The molecule has 0 radical (unpaired) electrons. The van der Waals surface area contributed by atoms with Crippen LogP contribution in [0.3, 0.4) is 0 Å². The second-order valence-electron chi connectivity index (χ2n) is 5.40. The molecule has 0 spiro atoms. The van der Waals surface area contributed by atoms with Crippen molar-refractivity contribution < 1.29 is 24.1 Å². The van der Waals surface area contributed by atoms with Gasteiger partial charge in [-0.15, -0.1) is 0 Å². The fourth-order valence-electron chi connectivity index (χ4n) is 2.58. The number of para-hydroxylation sites is 2. The summed E-state index contributed by atoms with van der Waals surface area (Å²) in [7, 11) is 0. The van der Waals surface area contributed by atoms with Crippen LogP contribution >= 0.6 is 0 Å². The van der Waals surface area contributed by atoms with Crippen LogP contribution in [0.2, 0.25) is 0 Å². The van der Waals surface area contributed by atoms with Crippen LogP contribution < -0.4 is 14.8 Å². The molecule has 21 heavy (non-hydrogen) atoms. The van der Waals surface area contributed by atoms with Crippen LogP contribution in [0.4, 0.5) is 0 Å². The molecule has 2 N–H and O–H groups in total. The van der Waals surface area contributed by atoms with E-state index in [2.05, 4.69) is 5.32 Å². The first-order valence-electron chi connectivity index (χ1n) is 7.12. The van der Waals surface area contributed by atoms with E-state index in [9.17, 15) is 9.90 Å². The van der Waals surface area contributed by atoms with E-state index < -0.39 is 11.6 Å². The Morgan fingerprint density at radius 3 is 2.71 bits per heavy atom. The first-order chi connectivity index (χ1) is 10.2. The fourth-order valence-corrected chi connectivity index (χ4v) is 2.58. The average molecular weight is 293 g/mol. The van der Waals surface area contributed by atoms with E-state index in [1.807, 2.05) is 12.1 Å². The first kappa shape index (κ1) is 14.2. The van der Waals surface area contributed by atoms with Crippen molar-refractivity contribution >= 4 is 5.91 Å². The molecule has 1 unspecified atom stereocenters. The van der Waals surface area contributed by atoms with Crippen molar-refractivity contribution in [1.29, 1.82) is 0 Å². The molecular weight excluding hydrogens is 274 g/mol. The number of rotatable bonds is 3. The van der Waals surface area contributed by atoms with Gasteiger partial charge in [-0.25, -0.2) is 0 Å². The normalized spacial score (nSPS) is 23.4.